The Bertz CT molecular complexity index is 596. The van der Waals surface area contributed by atoms with Gasteiger partial charge < -0.3 is 9.72 Å². The lowest BCUT2D eigenvalue weighted by atomic mass is 10.1. The number of aromatic amines is 1. The van der Waals surface area contributed by atoms with Gasteiger partial charge in [0.15, 0.2) is 0 Å². The van der Waals surface area contributed by atoms with E-state index in [2.05, 4.69) is 9.72 Å². The Hall–Kier alpha value is -2.36. The summed E-state index contributed by atoms with van der Waals surface area (Å²) in [6, 6.07) is 10.8. The molecule has 4 nitrogen and oxygen atoms in total. The summed E-state index contributed by atoms with van der Waals surface area (Å²) in [5.74, 6) is -0.424. The molecule has 0 amide bonds. The van der Waals surface area contributed by atoms with E-state index in [1.807, 2.05) is 19.1 Å². The molecule has 0 bridgehead atoms. The second-order valence-electron chi connectivity index (χ2n) is 4.35. The van der Waals surface area contributed by atoms with Crippen molar-refractivity contribution in [1.29, 1.82) is 0 Å². The number of carbonyl (C=O) groups is 2. The zero-order valence-corrected chi connectivity index (χ0v) is 10.9. The van der Waals surface area contributed by atoms with Crippen LogP contribution in [0.4, 0.5) is 0 Å². The fourth-order valence-corrected chi connectivity index (χ4v) is 1.76. The van der Waals surface area contributed by atoms with Crippen LogP contribution in [-0.2, 0) is 16.0 Å². The lowest BCUT2D eigenvalue weighted by molar-refractivity contribution is -0.139. The number of benzene rings is 1. The minimum Gasteiger partial charge on any atom is -0.469 e. The van der Waals surface area contributed by atoms with Gasteiger partial charge in [0.2, 0.25) is 5.78 Å². The van der Waals surface area contributed by atoms with E-state index < -0.39 is 0 Å². The molecule has 0 fully saturated rings. The number of aryl methyl sites for hydroxylation is 1. The standard InChI is InChI=1S/C15H15NO3/c1-10-3-5-11(6-4-10)15(18)13-8-7-12(16-13)9-14(17)19-2/h3-8,16H,9H2,1-2H3. The molecule has 2 aromatic rings. The molecule has 19 heavy (non-hydrogen) atoms. The van der Waals surface area contributed by atoms with Crippen LogP contribution in [-0.4, -0.2) is 23.8 Å². The Morgan fingerprint density at radius 3 is 2.42 bits per heavy atom. The zero-order chi connectivity index (χ0) is 13.8. The summed E-state index contributed by atoms with van der Waals surface area (Å²) in [6.07, 6.45) is 0.137. The highest BCUT2D eigenvalue weighted by Crippen LogP contribution is 2.11. The van der Waals surface area contributed by atoms with E-state index >= 15 is 0 Å². The third-order valence-electron chi connectivity index (χ3n) is 2.87. The number of ketones is 1. The minimum atomic E-state index is -0.337. The molecule has 0 unspecified atom stereocenters. The normalized spacial score (nSPS) is 10.2. The van der Waals surface area contributed by atoms with Crippen LogP contribution in [0.25, 0.3) is 0 Å². The van der Waals surface area contributed by atoms with E-state index in [0.29, 0.717) is 17.0 Å². The molecule has 1 aromatic heterocycles. The molecule has 1 aromatic carbocycles. The first-order valence-electron chi connectivity index (χ1n) is 5.96. The van der Waals surface area contributed by atoms with Crippen LogP contribution in [0, 0.1) is 6.92 Å². The molecule has 1 heterocycles. The molecular formula is C15H15NO3. The van der Waals surface area contributed by atoms with Crippen LogP contribution in [0.1, 0.15) is 27.3 Å². The maximum atomic E-state index is 12.2. The Morgan fingerprint density at radius 2 is 1.79 bits per heavy atom. The Morgan fingerprint density at radius 1 is 1.11 bits per heavy atom. The summed E-state index contributed by atoms with van der Waals surface area (Å²) in [4.78, 5) is 26.3. The first-order valence-corrected chi connectivity index (χ1v) is 5.96. The van der Waals surface area contributed by atoms with Gasteiger partial charge in [-0.2, -0.15) is 0 Å². The maximum Gasteiger partial charge on any atom is 0.311 e. The van der Waals surface area contributed by atoms with Gasteiger partial charge in [-0.05, 0) is 19.1 Å². The number of esters is 1. The third kappa shape index (κ3) is 3.10. The van der Waals surface area contributed by atoms with Gasteiger partial charge in [-0.3, -0.25) is 9.59 Å². The molecule has 0 saturated heterocycles. The SMILES string of the molecule is COC(=O)Cc1ccc(C(=O)c2ccc(C)cc2)[nH]1. The fourth-order valence-electron chi connectivity index (χ4n) is 1.76. The summed E-state index contributed by atoms with van der Waals surface area (Å²) < 4.78 is 4.58. The third-order valence-corrected chi connectivity index (χ3v) is 2.87. The van der Waals surface area contributed by atoms with E-state index in [1.54, 1.807) is 24.3 Å². The summed E-state index contributed by atoms with van der Waals surface area (Å²) in [5.41, 5.74) is 2.87. The van der Waals surface area contributed by atoms with Crippen molar-refractivity contribution < 1.29 is 14.3 Å². The van der Waals surface area contributed by atoms with Gasteiger partial charge in [0, 0.05) is 11.3 Å². The molecule has 0 aliphatic heterocycles. The van der Waals surface area contributed by atoms with Gasteiger partial charge in [0.05, 0.1) is 19.2 Å². The predicted molar refractivity (Wildman–Crippen MR) is 71.1 cm³/mol. The number of aromatic nitrogens is 1. The number of methoxy groups -OCH3 is 1. The van der Waals surface area contributed by atoms with Crippen LogP contribution in [0.15, 0.2) is 36.4 Å². The summed E-state index contributed by atoms with van der Waals surface area (Å²) >= 11 is 0. The highest BCUT2D eigenvalue weighted by Gasteiger charge is 2.12. The molecule has 0 aliphatic carbocycles. The van der Waals surface area contributed by atoms with Crippen molar-refractivity contribution in [3.63, 3.8) is 0 Å². The van der Waals surface area contributed by atoms with Crippen molar-refractivity contribution in [2.24, 2.45) is 0 Å². The average molecular weight is 257 g/mol. The van der Waals surface area contributed by atoms with Gasteiger partial charge in [-0.25, -0.2) is 0 Å². The molecular weight excluding hydrogens is 242 g/mol. The van der Waals surface area contributed by atoms with Crippen molar-refractivity contribution >= 4 is 11.8 Å². The lowest BCUT2D eigenvalue weighted by Gasteiger charge is -2.00. The quantitative estimate of drug-likeness (QED) is 0.675. The molecule has 0 radical (unpaired) electrons. The van der Waals surface area contributed by atoms with Crippen LogP contribution in [0.3, 0.4) is 0 Å². The van der Waals surface area contributed by atoms with E-state index in [9.17, 15) is 9.59 Å². The number of nitrogens with one attached hydrogen (secondary N) is 1. The molecule has 98 valence electrons. The zero-order valence-electron chi connectivity index (χ0n) is 10.9. The van der Waals surface area contributed by atoms with E-state index in [0.717, 1.165) is 5.56 Å². The molecule has 0 saturated carbocycles. The Kier molecular flexibility index (Phi) is 3.80. The number of ether oxygens (including phenoxy) is 1. The largest absolute Gasteiger partial charge is 0.469 e. The minimum absolute atomic E-state index is 0.0869. The molecule has 2 rings (SSSR count). The number of hydrogen-bond donors (Lipinski definition) is 1. The van der Waals surface area contributed by atoms with Gasteiger partial charge in [-0.15, -0.1) is 0 Å². The van der Waals surface area contributed by atoms with Gasteiger partial charge in [0.1, 0.15) is 0 Å². The summed E-state index contributed by atoms with van der Waals surface area (Å²) in [6.45, 7) is 1.97. The smallest absolute Gasteiger partial charge is 0.311 e. The molecule has 0 aliphatic rings. The van der Waals surface area contributed by atoms with Crippen LogP contribution >= 0.6 is 0 Å². The number of rotatable bonds is 4. The van der Waals surface area contributed by atoms with Gasteiger partial charge >= 0.3 is 5.97 Å². The van der Waals surface area contributed by atoms with Crippen LogP contribution in [0.5, 0.6) is 0 Å². The lowest BCUT2D eigenvalue weighted by Crippen LogP contribution is -2.06. The number of hydrogen-bond acceptors (Lipinski definition) is 3. The Balaban J connectivity index is 2.16. The van der Waals surface area contributed by atoms with Crippen LogP contribution in [0.2, 0.25) is 0 Å². The second kappa shape index (κ2) is 5.52. The Labute approximate surface area is 111 Å². The van der Waals surface area contributed by atoms with E-state index in [-0.39, 0.29) is 18.2 Å². The highest BCUT2D eigenvalue weighted by atomic mass is 16.5. The van der Waals surface area contributed by atoms with Crippen molar-refractivity contribution in [3.05, 3.63) is 58.9 Å². The van der Waals surface area contributed by atoms with Crippen molar-refractivity contribution in [3.8, 4) is 0 Å². The average Bonchev–Trinajstić information content (AvgIpc) is 2.87. The fraction of sp³-hybridized carbons (Fsp3) is 0.200. The first-order chi connectivity index (χ1) is 9.10. The van der Waals surface area contributed by atoms with Crippen LogP contribution < -0.4 is 0 Å². The monoisotopic (exact) mass is 257 g/mol. The van der Waals surface area contributed by atoms with E-state index in [1.165, 1.54) is 7.11 Å². The molecule has 0 spiro atoms. The molecule has 1 N–H and O–H groups in total. The summed E-state index contributed by atoms with van der Waals surface area (Å²) in [7, 11) is 1.34. The second-order valence-corrected chi connectivity index (χ2v) is 4.35. The van der Waals surface area contributed by atoms with Crippen molar-refractivity contribution in [1.82, 2.24) is 4.98 Å². The predicted octanol–water partition coefficient (Wildman–Crippen LogP) is 2.27. The van der Waals surface area contributed by atoms with Crippen molar-refractivity contribution in [2.75, 3.05) is 7.11 Å². The molecule has 4 heteroatoms. The van der Waals surface area contributed by atoms with Gasteiger partial charge in [-0.1, -0.05) is 29.8 Å². The molecule has 0 atom stereocenters. The maximum absolute atomic E-state index is 12.2. The number of carbonyl (C=O) groups excluding carboxylic acids is 2. The number of H-pyrrole nitrogens is 1. The van der Waals surface area contributed by atoms with Gasteiger partial charge in [0.25, 0.3) is 0 Å². The van der Waals surface area contributed by atoms with E-state index in [4.69, 9.17) is 0 Å². The highest BCUT2D eigenvalue weighted by molar-refractivity contribution is 6.07. The summed E-state index contributed by atoms with van der Waals surface area (Å²) in [5, 5.41) is 0. The first kappa shape index (κ1) is 13.1. The topological polar surface area (TPSA) is 59.2 Å². The van der Waals surface area contributed by atoms with Crippen molar-refractivity contribution in [2.45, 2.75) is 13.3 Å².